The van der Waals surface area contributed by atoms with E-state index in [0.29, 0.717) is 11.5 Å². The van der Waals surface area contributed by atoms with E-state index >= 15 is 0 Å². The first-order valence-corrected chi connectivity index (χ1v) is 6.78. The van der Waals surface area contributed by atoms with Crippen molar-refractivity contribution in [3.8, 4) is 17.2 Å². The number of hydrogen-bond acceptors (Lipinski definition) is 4. The molecule has 5 nitrogen and oxygen atoms in total. The molecule has 1 unspecified atom stereocenters. The first kappa shape index (κ1) is 14.4. The number of hydrogen-bond donors (Lipinski definition) is 1. The van der Waals surface area contributed by atoms with Crippen molar-refractivity contribution in [1.29, 1.82) is 0 Å². The molecule has 0 aliphatic rings. The van der Waals surface area contributed by atoms with Crippen LogP contribution in [-0.4, -0.2) is 16.9 Å². The molecule has 0 amide bonds. The molecule has 0 aliphatic heterocycles. The highest BCUT2D eigenvalue weighted by Gasteiger charge is 2.15. The first-order chi connectivity index (χ1) is 9.65. The summed E-state index contributed by atoms with van der Waals surface area (Å²) in [4.78, 5) is 0. The normalized spacial score (nSPS) is 12.2. The molecule has 0 saturated heterocycles. The SMILES string of the molecule is CCCn1cc(Oc2cccc(OC)c2C(C)N)cn1. The van der Waals surface area contributed by atoms with Crippen molar-refractivity contribution in [2.75, 3.05) is 7.11 Å². The molecule has 2 N–H and O–H groups in total. The van der Waals surface area contributed by atoms with Gasteiger partial charge in [-0.3, -0.25) is 4.68 Å². The number of rotatable bonds is 6. The van der Waals surface area contributed by atoms with Crippen molar-refractivity contribution in [3.05, 3.63) is 36.2 Å². The van der Waals surface area contributed by atoms with Gasteiger partial charge in [0.1, 0.15) is 11.5 Å². The molecule has 0 fully saturated rings. The Bertz CT molecular complexity index is 564. The number of benzene rings is 1. The molecule has 0 aliphatic carbocycles. The van der Waals surface area contributed by atoms with E-state index in [1.165, 1.54) is 0 Å². The lowest BCUT2D eigenvalue weighted by Gasteiger charge is -2.16. The number of nitrogens with two attached hydrogens (primary N) is 1. The van der Waals surface area contributed by atoms with Crippen LogP contribution in [0.2, 0.25) is 0 Å². The smallest absolute Gasteiger partial charge is 0.165 e. The summed E-state index contributed by atoms with van der Waals surface area (Å²) >= 11 is 0. The van der Waals surface area contributed by atoms with Crippen LogP contribution in [0.3, 0.4) is 0 Å². The zero-order valence-corrected chi connectivity index (χ0v) is 12.2. The van der Waals surface area contributed by atoms with Crippen LogP contribution in [0.15, 0.2) is 30.6 Å². The highest BCUT2D eigenvalue weighted by Crippen LogP contribution is 2.35. The monoisotopic (exact) mass is 275 g/mol. The van der Waals surface area contributed by atoms with Crippen molar-refractivity contribution >= 4 is 0 Å². The maximum atomic E-state index is 6.02. The highest BCUT2D eigenvalue weighted by molar-refractivity contribution is 5.48. The molecule has 0 radical (unpaired) electrons. The van der Waals surface area contributed by atoms with Crippen LogP contribution in [0.5, 0.6) is 17.2 Å². The van der Waals surface area contributed by atoms with E-state index in [2.05, 4.69) is 12.0 Å². The van der Waals surface area contributed by atoms with Gasteiger partial charge in [-0.15, -0.1) is 0 Å². The second kappa shape index (κ2) is 6.43. The van der Waals surface area contributed by atoms with E-state index in [1.54, 1.807) is 13.3 Å². The zero-order valence-electron chi connectivity index (χ0n) is 12.2. The van der Waals surface area contributed by atoms with Crippen molar-refractivity contribution in [3.63, 3.8) is 0 Å². The van der Waals surface area contributed by atoms with Crippen LogP contribution in [0.1, 0.15) is 31.9 Å². The van der Waals surface area contributed by atoms with Gasteiger partial charge in [-0.05, 0) is 25.5 Å². The third kappa shape index (κ3) is 3.11. The third-order valence-electron chi connectivity index (χ3n) is 2.99. The molecular weight excluding hydrogens is 254 g/mol. The molecule has 0 bridgehead atoms. The highest BCUT2D eigenvalue weighted by atomic mass is 16.5. The fourth-order valence-corrected chi connectivity index (χ4v) is 2.12. The Kier molecular flexibility index (Phi) is 4.63. The van der Waals surface area contributed by atoms with Gasteiger partial charge in [-0.25, -0.2) is 0 Å². The van der Waals surface area contributed by atoms with E-state index in [-0.39, 0.29) is 6.04 Å². The summed E-state index contributed by atoms with van der Waals surface area (Å²) in [6, 6.07) is 5.48. The molecule has 5 heteroatoms. The van der Waals surface area contributed by atoms with E-state index < -0.39 is 0 Å². The average molecular weight is 275 g/mol. The second-order valence-corrected chi connectivity index (χ2v) is 4.70. The number of ether oxygens (including phenoxy) is 2. The van der Waals surface area contributed by atoms with Crippen molar-refractivity contribution in [2.45, 2.75) is 32.9 Å². The van der Waals surface area contributed by atoms with Crippen LogP contribution in [0.25, 0.3) is 0 Å². The largest absolute Gasteiger partial charge is 0.496 e. The van der Waals surface area contributed by atoms with Crippen molar-refractivity contribution in [2.24, 2.45) is 5.73 Å². The zero-order chi connectivity index (χ0) is 14.5. The summed E-state index contributed by atoms with van der Waals surface area (Å²) in [6.45, 7) is 4.89. The Labute approximate surface area is 119 Å². The van der Waals surface area contributed by atoms with Crippen molar-refractivity contribution < 1.29 is 9.47 Å². The maximum absolute atomic E-state index is 6.02. The number of nitrogens with zero attached hydrogens (tertiary/aromatic N) is 2. The van der Waals surface area contributed by atoms with Crippen LogP contribution in [-0.2, 0) is 6.54 Å². The summed E-state index contributed by atoms with van der Waals surface area (Å²) < 4.78 is 13.1. The Balaban J connectivity index is 2.27. The molecule has 108 valence electrons. The molecule has 2 rings (SSSR count). The third-order valence-corrected chi connectivity index (χ3v) is 2.99. The maximum Gasteiger partial charge on any atom is 0.165 e. The summed E-state index contributed by atoms with van der Waals surface area (Å²) in [5.74, 6) is 2.14. The first-order valence-electron chi connectivity index (χ1n) is 6.78. The predicted molar refractivity (Wildman–Crippen MR) is 78.2 cm³/mol. The number of methoxy groups -OCH3 is 1. The fraction of sp³-hybridized carbons (Fsp3) is 0.400. The van der Waals surface area contributed by atoms with Crippen LogP contribution in [0, 0.1) is 0 Å². The number of aromatic nitrogens is 2. The van der Waals surface area contributed by atoms with Gasteiger partial charge in [-0.2, -0.15) is 5.10 Å². The van der Waals surface area contributed by atoms with E-state index in [0.717, 1.165) is 24.3 Å². The molecule has 1 aromatic carbocycles. The average Bonchev–Trinajstić information content (AvgIpc) is 2.86. The molecular formula is C15H21N3O2. The lowest BCUT2D eigenvalue weighted by Crippen LogP contribution is -2.08. The minimum absolute atomic E-state index is 0.174. The van der Waals surface area contributed by atoms with Gasteiger partial charge in [0.05, 0.1) is 25.1 Å². The molecule has 1 aromatic heterocycles. The van der Waals surface area contributed by atoms with E-state index in [1.807, 2.05) is 36.0 Å². The van der Waals surface area contributed by atoms with Crippen LogP contribution in [0.4, 0.5) is 0 Å². The summed E-state index contributed by atoms with van der Waals surface area (Å²) in [6.07, 6.45) is 4.62. The molecule has 1 atom stereocenters. The lowest BCUT2D eigenvalue weighted by molar-refractivity contribution is 0.397. The van der Waals surface area contributed by atoms with Gasteiger partial charge in [0.2, 0.25) is 0 Å². The Morgan fingerprint density at radius 2 is 2.10 bits per heavy atom. The molecule has 0 spiro atoms. The molecule has 1 heterocycles. The predicted octanol–water partition coefficient (Wildman–Crippen LogP) is 3.11. The van der Waals surface area contributed by atoms with E-state index in [4.69, 9.17) is 15.2 Å². The van der Waals surface area contributed by atoms with Gasteiger partial charge in [0, 0.05) is 12.6 Å². The standard InChI is InChI=1S/C15H21N3O2/c1-4-8-18-10-12(9-17-18)20-14-7-5-6-13(19-3)15(14)11(2)16/h5-7,9-11H,4,8,16H2,1-3H3. The van der Waals surface area contributed by atoms with Crippen LogP contribution < -0.4 is 15.2 Å². The van der Waals surface area contributed by atoms with Gasteiger partial charge < -0.3 is 15.2 Å². The van der Waals surface area contributed by atoms with Crippen molar-refractivity contribution in [1.82, 2.24) is 9.78 Å². The second-order valence-electron chi connectivity index (χ2n) is 4.70. The van der Waals surface area contributed by atoms with Gasteiger partial charge in [0.25, 0.3) is 0 Å². The number of aryl methyl sites for hydroxylation is 1. The van der Waals surface area contributed by atoms with Gasteiger partial charge in [0.15, 0.2) is 5.75 Å². The lowest BCUT2D eigenvalue weighted by atomic mass is 10.1. The fourth-order valence-electron chi connectivity index (χ4n) is 2.12. The summed E-state index contributed by atoms with van der Waals surface area (Å²) in [7, 11) is 1.63. The van der Waals surface area contributed by atoms with E-state index in [9.17, 15) is 0 Å². The minimum Gasteiger partial charge on any atom is -0.496 e. The van der Waals surface area contributed by atoms with Gasteiger partial charge >= 0.3 is 0 Å². The Hall–Kier alpha value is -2.01. The van der Waals surface area contributed by atoms with Gasteiger partial charge in [-0.1, -0.05) is 13.0 Å². The minimum atomic E-state index is -0.174. The molecule has 0 saturated carbocycles. The Morgan fingerprint density at radius 1 is 1.35 bits per heavy atom. The quantitative estimate of drug-likeness (QED) is 0.879. The summed E-state index contributed by atoms with van der Waals surface area (Å²) in [5, 5.41) is 4.25. The van der Waals surface area contributed by atoms with Crippen LogP contribution >= 0.6 is 0 Å². The Morgan fingerprint density at radius 3 is 2.75 bits per heavy atom. The molecule has 20 heavy (non-hydrogen) atoms. The summed E-state index contributed by atoms with van der Waals surface area (Å²) in [5.41, 5.74) is 6.88. The molecule has 2 aromatic rings. The topological polar surface area (TPSA) is 62.3 Å².